The molecule has 2 rings (SSSR count). The molecule has 0 fully saturated rings. The molecule has 1 nitrogen and oxygen atoms in total. The van der Waals surface area contributed by atoms with Gasteiger partial charge in [0.15, 0.2) is 0 Å². The summed E-state index contributed by atoms with van der Waals surface area (Å²) in [4.78, 5) is 4.65. The molecule has 0 saturated carbocycles. The monoisotopic (exact) mass is 179 g/mol. The van der Waals surface area contributed by atoms with Crippen LogP contribution in [-0.2, 0) is 0 Å². The van der Waals surface area contributed by atoms with E-state index in [1.165, 1.54) is 5.04 Å². The summed E-state index contributed by atoms with van der Waals surface area (Å²) in [6.07, 6.45) is 8.64. The van der Waals surface area contributed by atoms with Crippen molar-refractivity contribution in [2.45, 2.75) is 25.1 Å². The van der Waals surface area contributed by atoms with E-state index in [9.17, 15) is 0 Å². The van der Waals surface area contributed by atoms with E-state index in [0.29, 0.717) is 17.2 Å². The molecule has 0 saturated heterocycles. The van der Waals surface area contributed by atoms with Gasteiger partial charge in [0, 0.05) is 5.92 Å². The van der Waals surface area contributed by atoms with Crippen LogP contribution in [0, 0.1) is 5.92 Å². The van der Waals surface area contributed by atoms with Gasteiger partial charge in [0.2, 0.25) is 0 Å². The predicted molar refractivity (Wildman–Crippen MR) is 55.7 cm³/mol. The maximum atomic E-state index is 4.65. The summed E-state index contributed by atoms with van der Waals surface area (Å²) in [6, 6.07) is 0.414. The van der Waals surface area contributed by atoms with Gasteiger partial charge in [-0.3, -0.25) is 4.99 Å². The lowest BCUT2D eigenvalue weighted by Gasteiger charge is -2.11. The Morgan fingerprint density at radius 3 is 2.75 bits per heavy atom. The maximum absolute atomic E-state index is 4.65. The predicted octanol–water partition coefficient (Wildman–Crippen LogP) is 2.65. The van der Waals surface area contributed by atoms with Gasteiger partial charge in [-0.2, -0.15) is 0 Å². The lowest BCUT2D eigenvalue weighted by atomic mass is 10.1. The van der Waals surface area contributed by atoms with E-state index >= 15 is 0 Å². The van der Waals surface area contributed by atoms with Crippen LogP contribution in [0.25, 0.3) is 0 Å². The topological polar surface area (TPSA) is 12.4 Å². The number of thioether (sulfide) groups is 1. The van der Waals surface area contributed by atoms with Crippen LogP contribution in [0.3, 0.4) is 0 Å². The highest BCUT2D eigenvalue weighted by Crippen LogP contribution is 2.33. The molecule has 1 aliphatic heterocycles. The SMILES string of the molecule is CC(C)C1=NC2C=CC=CC2S1. The van der Waals surface area contributed by atoms with Crippen LogP contribution >= 0.6 is 11.8 Å². The van der Waals surface area contributed by atoms with Crippen LogP contribution < -0.4 is 0 Å². The van der Waals surface area contributed by atoms with Crippen molar-refractivity contribution >= 4 is 16.8 Å². The van der Waals surface area contributed by atoms with E-state index in [2.05, 4.69) is 43.1 Å². The molecule has 2 unspecified atom stereocenters. The summed E-state index contributed by atoms with van der Waals surface area (Å²) in [7, 11) is 0. The Labute approximate surface area is 77.7 Å². The molecule has 1 aliphatic carbocycles. The van der Waals surface area contributed by atoms with Crippen molar-refractivity contribution in [2.75, 3.05) is 0 Å². The smallest absolute Gasteiger partial charge is 0.0850 e. The first kappa shape index (κ1) is 8.11. The van der Waals surface area contributed by atoms with Crippen LogP contribution in [0.2, 0.25) is 0 Å². The van der Waals surface area contributed by atoms with Gasteiger partial charge >= 0.3 is 0 Å². The molecule has 0 amide bonds. The average Bonchev–Trinajstić information content (AvgIpc) is 2.46. The molecule has 64 valence electrons. The van der Waals surface area contributed by atoms with Crippen molar-refractivity contribution in [2.24, 2.45) is 10.9 Å². The Balaban J connectivity index is 2.16. The molecular formula is C10H13NS. The molecule has 2 atom stereocenters. The molecule has 0 radical (unpaired) electrons. The first-order chi connectivity index (χ1) is 5.77. The molecule has 2 aliphatic rings. The van der Waals surface area contributed by atoms with Crippen molar-refractivity contribution in [1.29, 1.82) is 0 Å². The van der Waals surface area contributed by atoms with Crippen LogP contribution in [0.5, 0.6) is 0 Å². The van der Waals surface area contributed by atoms with E-state index in [0.717, 1.165) is 0 Å². The molecule has 0 aromatic heterocycles. The Kier molecular flexibility index (Phi) is 2.09. The standard InChI is InChI=1S/C10H13NS/c1-7(2)10-11-8-5-3-4-6-9(8)12-10/h3-9H,1-2H3. The van der Waals surface area contributed by atoms with Crippen LogP contribution in [0.4, 0.5) is 0 Å². The molecule has 0 spiro atoms. The highest BCUT2D eigenvalue weighted by atomic mass is 32.2. The third-order valence-electron chi connectivity index (χ3n) is 2.08. The second-order valence-electron chi connectivity index (χ2n) is 3.46. The van der Waals surface area contributed by atoms with Gasteiger partial charge in [-0.05, 0) is 0 Å². The fraction of sp³-hybridized carbons (Fsp3) is 0.500. The van der Waals surface area contributed by atoms with Crippen LogP contribution in [0.15, 0.2) is 29.3 Å². The van der Waals surface area contributed by atoms with Gasteiger partial charge in [0.1, 0.15) is 0 Å². The van der Waals surface area contributed by atoms with Gasteiger partial charge < -0.3 is 0 Å². The summed E-state index contributed by atoms with van der Waals surface area (Å²) < 4.78 is 0. The molecule has 12 heavy (non-hydrogen) atoms. The van der Waals surface area contributed by atoms with E-state index < -0.39 is 0 Å². The number of nitrogens with zero attached hydrogens (tertiary/aromatic N) is 1. The van der Waals surface area contributed by atoms with E-state index in [1.807, 2.05) is 11.8 Å². The van der Waals surface area contributed by atoms with Gasteiger partial charge in [-0.25, -0.2) is 0 Å². The van der Waals surface area contributed by atoms with Gasteiger partial charge in [-0.1, -0.05) is 38.2 Å². The number of hydrogen-bond acceptors (Lipinski definition) is 2. The third kappa shape index (κ3) is 1.36. The van der Waals surface area contributed by atoms with Crippen molar-refractivity contribution < 1.29 is 0 Å². The van der Waals surface area contributed by atoms with Gasteiger partial charge in [0.05, 0.1) is 16.3 Å². The lowest BCUT2D eigenvalue weighted by Crippen LogP contribution is -2.13. The number of rotatable bonds is 1. The Bertz CT molecular complexity index is 263. The molecular weight excluding hydrogens is 166 g/mol. The van der Waals surface area contributed by atoms with Crippen LogP contribution in [0.1, 0.15) is 13.8 Å². The maximum Gasteiger partial charge on any atom is 0.0850 e. The Hall–Kier alpha value is -0.500. The first-order valence-corrected chi connectivity index (χ1v) is 5.24. The summed E-state index contributed by atoms with van der Waals surface area (Å²) >= 11 is 1.91. The summed E-state index contributed by atoms with van der Waals surface area (Å²) in [5.41, 5.74) is 0. The minimum absolute atomic E-state index is 0.414. The summed E-state index contributed by atoms with van der Waals surface area (Å²) in [5, 5.41) is 1.88. The highest BCUT2D eigenvalue weighted by Gasteiger charge is 2.28. The third-order valence-corrected chi connectivity index (χ3v) is 3.61. The summed E-state index contributed by atoms with van der Waals surface area (Å²) in [6.45, 7) is 4.41. The normalized spacial score (nSPS) is 32.4. The van der Waals surface area contributed by atoms with E-state index in [4.69, 9.17) is 0 Å². The quantitative estimate of drug-likeness (QED) is 0.603. The Morgan fingerprint density at radius 2 is 2.08 bits per heavy atom. The number of aliphatic imine (C=N–C) groups is 1. The zero-order valence-corrected chi connectivity index (χ0v) is 8.21. The zero-order chi connectivity index (χ0) is 8.55. The number of hydrogen-bond donors (Lipinski definition) is 0. The van der Waals surface area contributed by atoms with Crippen molar-refractivity contribution in [3.63, 3.8) is 0 Å². The first-order valence-electron chi connectivity index (χ1n) is 4.37. The zero-order valence-electron chi connectivity index (χ0n) is 7.40. The molecule has 0 aromatic rings. The minimum atomic E-state index is 0.414. The lowest BCUT2D eigenvalue weighted by molar-refractivity contribution is 0.837. The fourth-order valence-corrected chi connectivity index (χ4v) is 2.60. The van der Waals surface area contributed by atoms with Crippen molar-refractivity contribution in [1.82, 2.24) is 0 Å². The van der Waals surface area contributed by atoms with Crippen molar-refractivity contribution in [3.05, 3.63) is 24.3 Å². The Morgan fingerprint density at radius 1 is 1.33 bits per heavy atom. The van der Waals surface area contributed by atoms with E-state index in [1.54, 1.807) is 0 Å². The van der Waals surface area contributed by atoms with E-state index in [-0.39, 0.29) is 0 Å². The minimum Gasteiger partial charge on any atom is -0.274 e. The second kappa shape index (κ2) is 3.09. The molecule has 0 aromatic carbocycles. The molecule has 1 heterocycles. The fourth-order valence-electron chi connectivity index (χ4n) is 1.40. The highest BCUT2D eigenvalue weighted by molar-refractivity contribution is 8.15. The van der Waals surface area contributed by atoms with Gasteiger partial charge in [0.25, 0.3) is 0 Å². The molecule has 2 heteroatoms. The van der Waals surface area contributed by atoms with Crippen molar-refractivity contribution in [3.8, 4) is 0 Å². The largest absolute Gasteiger partial charge is 0.274 e. The number of fused-ring (bicyclic) bond motifs is 1. The van der Waals surface area contributed by atoms with Gasteiger partial charge in [-0.15, -0.1) is 11.8 Å². The second-order valence-corrected chi connectivity index (χ2v) is 4.66. The molecule has 0 bridgehead atoms. The molecule has 0 N–H and O–H groups in total. The van der Waals surface area contributed by atoms with Crippen LogP contribution in [-0.4, -0.2) is 16.3 Å². The average molecular weight is 179 g/mol. The number of allylic oxidation sites excluding steroid dienone is 2. The summed E-state index contributed by atoms with van der Waals surface area (Å²) in [5.74, 6) is 0.586.